The summed E-state index contributed by atoms with van der Waals surface area (Å²) in [6.07, 6.45) is -1.79. The van der Waals surface area contributed by atoms with E-state index in [1.165, 1.54) is 37.1 Å². The van der Waals surface area contributed by atoms with Crippen molar-refractivity contribution in [1.29, 1.82) is 0 Å². The topological polar surface area (TPSA) is 134 Å². The third kappa shape index (κ3) is 6.12. The molecule has 3 aromatic carbocycles. The van der Waals surface area contributed by atoms with Gasteiger partial charge in [-0.2, -0.15) is 0 Å². The lowest BCUT2D eigenvalue weighted by atomic mass is 9.99. The van der Waals surface area contributed by atoms with Crippen molar-refractivity contribution >= 4 is 34.8 Å². The van der Waals surface area contributed by atoms with Crippen LogP contribution in [-0.2, 0) is 20.8 Å². The molecule has 2 unspecified atom stereocenters. The molecule has 4 rings (SSSR count). The Morgan fingerprint density at radius 3 is 2.38 bits per heavy atom. The summed E-state index contributed by atoms with van der Waals surface area (Å²) >= 11 is 0. The predicted molar refractivity (Wildman–Crippen MR) is 138 cm³/mol. The van der Waals surface area contributed by atoms with Crippen LogP contribution >= 0.6 is 0 Å². The largest absolute Gasteiger partial charge is 0.344 e. The molecule has 0 aliphatic carbocycles. The number of carbonyl (C=O) groups excluding carboxylic acids is 3. The minimum absolute atomic E-state index is 0.0853. The number of anilines is 1. The van der Waals surface area contributed by atoms with Crippen LogP contribution in [0, 0.1) is 21.7 Å². The molecular weight excluding hydrogens is 512 g/mol. The van der Waals surface area contributed by atoms with E-state index < -0.39 is 46.5 Å². The summed E-state index contributed by atoms with van der Waals surface area (Å²) in [5.74, 6) is -3.69. The van der Waals surface area contributed by atoms with Gasteiger partial charge in [-0.05, 0) is 30.7 Å². The summed E-state index contributed by atoms with van der Waals surface area (Å²) in [6.45, 7) is 1.38. The van der Waals surface area contributed by atoms with Crippen LogP contribution in [0.1, 0.15) is 23.6 Å². The minimum atomic E-state index is -1.42. The Balaban J connectivity index is 1.59. The van der Waals surface area contributed by atoms with E-state index in [0.717, 1.165) is 12.1 Å². The van der Waals surface area contributed by atoms with Crippen LogP contribution in [0.5, 0.6) is 0 Å². The number of benzodiazepines with no additional fused rings is 1. The molecule has 0 radical (unpaired) electrons. The zero-order valence-corrected chi connectivity index (χ0v) is 20.9. The van der Waals surface area contributed by atoms with Gasteiger partial charge in [-0.3, -0.25) is 24.5 Å². The molecule has 10 nitrogen and oxygen atoms in total. The summed E-state index contributed by atoms with van der Waals surface area (Å²) in [7, 11) is 1.46. The van der Waals surface area contributed by atoms with Crippen LogP contribution in [0.25, 0.3) is 0 Å². The fourth-order valence-electron chi connectivity index (χ4n) is 4.11. The second-order valence-electron chi connectivity index (χ2n) is 8.85. The highest BCUT2D eigenvalue weighted by Crippen LogP contribution is 2.30. The number of hydrogen-bond acceptors (Lipinski definition) is 6. The number of carbonyl (C=O) groups is 3. The van der Waals surface area contributed by atoms with Gasteiger partial charge in [-0.1, -0.05) is 30.3 Å². The fraction of sp³-hybridized carbons (Fsp3) is 0.185. The van der Waals surface area contributed by atoms with Crippen LogP contribution in [0.3, 0.4) is 0 Å². The number of fused-ring (bicyclic) bond motifs is 1. The standard InChI is InChI=1S/C27H23F2N5O5/c1-15(30-23(35)12-16-10-18(28)13-19(29)11-16)26(36)32-25-27(37)33(2)22-9-8-20(34(38)39)14-21(22)24(31-25)17-6-4-3-5-7-17/h3-11,13-15,25H,12H2,1-2H3,(H,30,35)(H,32,36). The van der Waals surface area contributed by atoms with Crippen LogP contribution in [0.15, 0.2) is 71.7 Å². The van der Waals surface area contributed by atoms with Gasteiger partial charge >= 0.3 is 0 Å². The SMILES string of the molecule is CC(NC(=O)Cc1cc(F)cc(F)c1)C(=O)NC1N=C(c2ccccc2)c2cc([N+](=O)[O-])ccc2N(C)C1=O. The van der Waals surface area contributed by atoms with Crippen molar-refractivity contribution in [1.82, 2.24) is 10.6 Å². The van der Waals surface area contributed by atoms with Gasteiger partial charge in [0.2, 0.25) is 18.0 Å². The number of aliphatic imine (C=N–C) groups is 1. The van der Waals surface area contributed by atoms with Crippen molar-refractivity contribution in [3.63, 3.8) is 0 Å². The Kier molecular flexibility index (Phi) is 7.75. The predicted octanol–water partition coefficient (Wildman–Crippen LogP) is 2.88. The zero-order chi connectivity index (χ0) is 28.3. The van der Waals surface area contributed by atoms with E-state index in [4.69, 9.17) is 0 Å². The van der Waals surface area contributed by atoms with Crippen LogP contribution in [0.4, 0.5) is 20.2 Å². The molecule has 0 saturated carbocycles. The minimum Gasteiger partial charge on any atom is -0.344 e. The number of nitrogens with one attached hydrogen (secondary N) is 2. The number of nitrogens with zero attached hydrogens (tertiary/aromatic N) is 3. The van der Waals surface area contributed by atoms with E-state index in [1.807, 2.05) is 0 Å². The van der Waals surface area contributed by atoms with Gasteiger partial charge in [0, 0.05) is 36.4 Å². The van der Waals surface area contributed by atoms with Gasteiger partial charge in [0.1, 0.15) is 17.7 Å². The normalized spacial score (nSPS) is 15.5. The molecule has 1 heterocycles. The first-order valence-corrected chi connectivity index (χ1v) is 11.8. The van der Waals surface area contributed by atoms with Gasteiger partial charge in [-0.25, -0.2) is 13.8 Å². The maximum Gasteiger partial charge on any atom is 0.272 e. The molecule has 1 aliphatic heterocycles. The maximum absolute atomic E-state index is 13.4. The Hall–Kier alpha value is -5.00. The molecule has 0 bridgehead atoms. The lowest BCUT2D eigenvalue weighted by Crippen LogP contribution is -2.52. The number of benzene rings is 3. The monoisotopic (exact) mass is 535 g/mol. The van der Waals surface area contributed by atoms with Crippen LogP contribution in [-0.4, -0.2) is 47.6 Å². The van der Waals surface area contributed by atoms with E-state index in [2.05, 4.69) is 15.6 Å². The van der Waals surface area contributed by atoms with Crippen molar-refractivity contribution in [3.8, 4) is 0 Å². The number of non-ortho nitro benzene ring substituents is 1. The molecule has 2 atom stereocenters. The first kappa shape index (κ1) is 27.0. The van der Waals surface area contributed by atoms with Crippen molar-refractivity contribution < 1.29 is 28.1 Å². The number of halogens is 2. The molecular formula is C27H23F2N5O5. The van der Waals surface area contributed by atoms with Gasteiger partial charge in [0.05, 0.1) is 22.7 Å². The Labute approximate surface area is 221 Å². The third-order valence-corrected chi connectivity index (χ3v) is 6.01. The average molecular weight is 536 g/mol. The number of nitro benzene ring substituents is 1. The summed E-state index contributed by atoms with van der Waals surface area (Å²) in [6, 6.07) is 14.3. The summed E-state index contributed by atoms with van der Waals surface area (Å²) in [5, 5.41) is 16.4. The number of hydrogen-bond donors (Lipinski definition) is 2. The number of amides is 3. The maximum atomic E-state index is 13.4. The molecule has 12 heteroatoms. The summed E-state index contributed by atoms with van der Waals surface area (Å²) in [5.41, 5.74) is 1.38. The number of likely N-dealkylation sites (N-methyl/N-ethyl adjacent to an activating group) is 1. The van der Waals surface area contributed by atoms with E-state index in [0.29, 0.717) is 22.9 Å². The van der Waals surface area contributed by atoms with E-state index >= 15 is 0 Å². The second kappa shape index (κ2) is 11.2. The summed E-state index contributed by atoms with van der Waals surface area (Å²) in [4.78, 5) is 55.3. The lowest BCUT2D eigenvalue weighted by molar-refractivity contribution is -0.384. The Morgan fingerprint density at radius 1 is 1.08 bits per heavy atom. The van der Waals surface area contributed by atoms with Gasteiger partial charge in [0.25, 0.3) is 11.6 Å². The third-order valence-electron chi connectivity index (χ3n) is 6.01. The van der Waals surface area contributed by atoms with Gasteiger partial charge in [-0.15, -0.1) is 0 Å². The summed E-state index contributed by atoms with van der Waals surface area (Å²) < 4.78 is 26.9. The van der Waals surface area contributed by atoms with E-state index in [1.54, 1.807) is 30.3 Å². The number of nitro groups is 1. The van der Waals surface area contributed by atoms with E-state index in [-0.39, 0.29) is 23.4 Å². The zero-order valence-electron chi connectivity index (χ0n) is 20.9. The van der Waals surface area contributed by atoms with Crippen molar-refractivity contribution in [2.45, 2.75) is 25.6 Å². The fourth-order valence-corrected chi connectivity index (χ4v) is 4.11. The van der Waals surface area contributed by atoms with Crippen molar-refractivity contribution in [3.05, 3.63) is 105 Å². The highest BCUT2D eigenvalue weighted by atomic mass is 19.1. The quantitative estimate of drug-likeness (QED) is 0.355. The lowest BCUT2D eigenvalue weighted by Gasteiger charge is -2.22. The first-order chi connectivity index (χ1) is 18.5. The number of rotatable bonds is 7. The van der Waals surface area contributed by atoms with Crippen LogP contribution in [0.2, 0.25) is 0 Å². The highest BCUT2D eigenvalue weighted by molar-refractivity contribution is 6.20. The second-order valence-corrected chi connectivity index (χ2v) is 8.85. The van der Waals surface area contributed by atoms with E-state index in [9.17, 15) is 33.3 Å². The molecule has 200 valence electrons. The molecule has 1 aliphatic rings. The van der Waals surface area contributed by atoms with Gasteiger partial charge < -0.3 is 15.5 Å². The molecule has 0 fully saturated rings. The Bertz CT molecular complexity index is 1470. The average Bonchev–Trinajstić information content (AvgIpc) is 2.98. The molecule has 2 N–H and O–H groups in total. The highest BCUT2D eigenvalue weighted by Gasteiger charge is 2.33. The smallest absolute Gasteiger partial charge is 0.272 e. The van der Waals surface area contributed by atoms with Crippen molar-refractivity contribution in [2.24, 2.45) is 4.99 Å². The molecule has 39 heavy (non-hydrogen) atoms. The molecule has 0 aromatic heterocycles. The Morgan fingerprint density at radius 2 is 1.74 bits per heavy atom. The molecule has 0 saturated heterocycles. The first-order valence-electron chi connectivity index (χ1n) is 11.8. The molecule has 0 spiro atoms. The van der Waals surface area contributed by atoms with Crippen molar-refractivity contribution in [2.75, 3.05) is 11.9 Å². The van der Waals surface area contributed by atoms with Gasteiger partial charge in [0.15, 0.2) is 0 Å². The molecule has 3 amide bonds. The molecule has 3 aromatic rings. The van der Waals surface area contributed by atoms with Crippen LogP contribution < -0.4 is 15.5 Å².